The number of aromatic nitrogens is 2. The topological polar surface area (TPSA) is 96.1 Å². The monoisotopic (exact) mass is 456 g/mol. The van der Waals surface area contributed by atoms with Crippen molar-refractivity contribution in [3.8, 4) is 11.1 Å². The predicted octanol–water partition coefficient (Wildman–Crippen LogP) is 4.51. The average molecular weight is 457 g/mol. The van der Waals surface area contributed by atoms with E-state index in [-0.39, 0.29) is 17.0 Å². The molecule has 1 amide bonds. The number of pyridine rings is 2. The highest BCUT2D eigenvalue weighted by Gasteiger charge is 2.41. The minimum absolute atomic E-state index is 0.114. The van der Waals surface area contributed by atoms with Crippen molar-refractivity contribution in [2.45, 2.75) is 20.3 Å². The highest BCUT2D eigenvalue weighted by molar-refractivity contribution is 6.30. The molecule has 3 heterocycles. The molecule has 0 unspecified atom stereocenters. The van der Waals surface area contributed by atoms with Crippen molar-refractivity contribution in [3.05, 3.63) is 69.5 Å². The predicted molar refractivity (Wildman–Crippen MR) is 122 cm³/mol. The lowest BCUT2D eigenvalue weighted by molar-refractivity contribution is -0.151. The van der Waals surface area contributed by atoms with Gasteiger partial charge in [0.15, 0.2) is 0 Å². The minimum atomic E-state index is -0.560. The van der Waals surface area contributed by atoms with E-state index in [0.717, 1.165) is 0 Å². The lowest BCUT2D eigenvalue weighted by Gasteiger charge is -2.36. The van der Waals surface area contributed by atoms with Crippen LogP contribution in [0.1, 0.15) is 19.5 Å². The molecule has 0 bridgehead atoms. The Hall–Kier alpha value is -3.23. The third-order valence-electron chi connectivity index (χ3n) is 5.36. The van der Waals surface area contributed by atoms with Crippen LogP contribution >= 0.6 is 11.6 Å². The van der Waals surface area contributed by atoms with Crippen LogP contribution in [-0.4, -0.2) is 29.1 Å². The third kappa shape index (κ3) is 4.37. The number of carbonyl (C=O) groups excluding carboxylic acids is 1. The van der Waals surface area contributed by atoms with Crippen molar-refractivity contribution in [1.82, 2.24) is 9.97 Å². The molecule has 1 fully saturated rings. The highest BCUT2D eigenvalue weighted by atomic mass is 35.5. The number of H-pyrrole nitrogens is 1. The largest absolute Gasteiger partial charge is 0.379 e. The summed E-state index contributed by atoms with van der Waals surface area (Å²) in [5, 5.41) is 6.37. The molecule has 3 aromatic rings. The number of ether oxygens (including phenoxy) is 1. The average Bonchev–Trinajstić information content (AvgIpc) is 2.75. The quantitative estimate of drug-likeness (QED) is 0.507. The Morgan fingerprint density at radius 2 is 2.03 bits per heavy atom. The maximum atomic E-state index is 14.4. The first-order chi connectivity index (χ1) is 15.3. The minimum Gasteiger partial charge on any atom is -0.379 e. The number of hydrogen-bond acceptors (Lipinski definition) is 5. The first-order valence-electron chi connectivity index (χ1n) is 10.1. The van der Waals surface area contributed by atoms with E-state index in [1.54, 1.807) is 24.4 Å². The molecule has 1 aliphatic heterocycles. The van der Waals surface area contributed by atoms with Crippen LogP contribution in [0, 0.1) is 11.2 Å². The van der Waals surface area contributed by atoms with E-state index < -0.39 is 16.8 Å². The zero-order valence-electron chi connectivity index (χ0n) is 17.6. The van der Waals surface area contributed by atoms with Crippen LogP contribution in [0.4, 0.5) is 21.6 Å². The van der Waals surface area contributed by atoms with E-state index in [4.69, 9.17) is 16.3 Å². The fraction of sp³-hybridized carbons (Fsp3) is 0.261. The number of carbonyl (C=O) groups is 1. The van der Waals surface area contributed by atoms with E-state index in [1.807, 2.05) is 13.8 Å². The highest BCUT2D eigenvalue weighted by Crippen LogP contribution is 2.30. The van der Waals surface area contributed by atoms with Crippen molar-refractivity contribution < 1.29 is 13.9 Å². The van der Waals surface area contributed by atoms with Crippen LogP contribution in [0.15, 0.2) is 47.4 Å². The molecule has 2 aromatic heterocycles. The lowest BCUT2D eigenvalue weighted by atomic mass is 9.88. The summed E-state index contributed by atoms with van der Waals surface area (Å²) in [6.45, 7) is 4.47. The van der Waals surface area contributed by atoms with Crippen molar-refractivity contribution in [1.29, 1.82) is 0 Å². The van der Waals surface area contributed by atoms with Gasteiger partial charge in [0.2, 0.25) is 5.91 Å². The smallest absolute Gasteiger partial charge is 0.256 e. The zero-order valence-corrected chi connectivity index (χ0v) is 18.3. The van der Waals surface area contributed by atoms with Gasteiger partial charge in [-0.15, -0.1) is 0 Å². The standard InChI is InChI=1S/C23H22ClFN4O3/c1-3-18-19(10-16(21(30)28-18)15-8-13(24)4-5-17(15)25)27-14-6-7-26-20(9-14)29-22(31)23(2)11-32-12-23/h4-10H,3,11-12H2,1-2H3,(H,28,30)(H2,26,27,29,31). The third-order valence-corrected chi connectivity index (χ3v) is 5.60. The molecule has 0 atom stereocenters. The molecule has 0 saturated carbocycles. The number of amides is 1. The first-order valence-corrected chi connectivity index (χ1v) is 10.5. The molecule has 9 heteroatoms. The number of nitrogens with zero attached hydrogens (tertiary/aromatic N) is 1. The molecular formula is C23H22ClFN4O3. The molecule has 1 aromatic carbocycles. The summed E-state index contributed by atoms with van der Waals surface area (Å²) in [6.07, 6.45) is 2.11. The summed E-state index contributed by atoms with van der Waals surface area (Å²) in [5.74, 6) is -0.320. The summed E-state index contributed by atoms with van der Waals surface area (Å²) in [7, 11) is 0. The van der Waals surface area contributed by atoms with Gasteiger partial charge in [-0.2, -0.15) is 0 Å². The van der Waals surface area contributed by atoms with Gasteiger partial charge in [0, 0.05) is 34.2 Å². The second-order valence-corrected chi connectivity index (χ2v) is 8.38. The van der Waals surface area contributed by atoms with Crippen LogP contribution < -0.4 is 16.2 Å². The van der Waals surface area contributed by atoms with Crippen LogP contribution in [0.2, 0.25) is 5.02 Å². The van der Waals surface area contributed by atoms with Crippen LogP contribution in [-0.2, 0) is 16.0 Å². The number of aromatic amines is 1. The fourth-order valence-electron chi connectivity index (χ4n) is 3.40. The molecule has 32 heavy (non-hydrogen) atoms. The second-order valence-electron chi connectivity index (χ2n) is 7.94. The van der Waals surface area contributed by atoms with Gasteiger partial charge in [-0.05, 0) is 43.7 Å². The van der Waals surface area contributed by atoms with E-state index >= 15 is 0 Å². The Bertz CT molecular complexity index is 1240. The SMILES string of the molecule is CCc1[nH]c(=O)c(-c2cc(Cl)ccc2F)cc1Nc1ccnc(NC(=O)C2(C)COC2)c1. The number of rotatable bonds is 6. The maximum absolute atomic E-state index is 14.4. The van der Waals surface area contributed by atoms with Crippen molar-refractivity contribution in [2.75, 3.05) is 23.8 Å². The zero-order chi connectivity index (χ0) is 22.9. The number of halogens is 2. The molecule has 3 N–H and O–H groups in total. The van der Waals surface area contributed by atoms with E-state index in [1.165, 1.54) is 18.2 Å². The van der Waals surface area contributed by atoms with E-state index in [2.05, 4.69) is 20.6 Å². The Balaban J connectivity index is 1.65. The molecule has 0 spiro atoms. The number of aryl methyl sites for hydroxylation is 1. The molecule has 1 aliphatic rings. The molecule has 0 radical (unpaired) electrons. The summed E-state index contributed by atoms with van der Waals surface area (Å²) in [6, 6.07) is 9.08. The Morgan fingerprint density at radius 1 is 1.25 bits per heavy atom. The van der Waals surface area contributed by atoms with Crippen LogP contribution in [0.25, 0.3) is 11.1 Å². The number of hydrogen-bond donors (Lipinski definition) is 3. The number of anilines is 3. The van der Waals surface area contributed by atoms with Gasteiger partial charge < -0.3 is 20.4 Å². The second kappa shape index (κ2) is 8.72. The van der Waals surface area contributed by atoms with Gasteiger partial charge in [0.05, 0.1) is 29.9 Å². The Kier molecular flexibility index (Phi) is 5.99. The first kappa shape index (κ1) is 22.0. The van der Waals surface area contributed by atoms with Crippen LogP contribution in [0.5, 0.6) is 0 Å². The molecule has 1 saturated heterocycles. The number of nitrogens with one attached hydrogen (secondary N) is 3. The summed E-state index contributed by atoms with van der Waals surface area (Å²) in [4.78, 5) is 32.1. The van der Waals surface area contributed by atoms with Crippen molar-refractivity contribution >= 4 is 34.7 Å². The summed E-state index contributed by atoms with van der Waals surface area (Å²) < 4.78 is 19.5. The maximum Gasteiger partial charge on any atom is 0.256 e. The van der Waals surface area contributed by atoms with Gasteiger partial charge in [-0.25, -0.2) is 9.37 Å². The van der Waals surface area contributed by atoms with Crippen LogP contribution in [0.3, 0.4) is 0 Å². The summed E-state index contributed by atoms with van der Waals surface area (Å²) in [5.41, 5.74) is 1.20. The fourth-order valence-corrected chi connectivity index (χ4v) is 3.57. The van der Waals surface area contributed by atoms with Crippen molar-refractivity contribution in [3.63, 3.8) is 0 Å². The molecule has 0 aliphatic carbocycles. The normalized spacial score (nSPS) is 14.5. The lowest BCUT2D eigenvalue weighted by Crippen LogP contribution is -2.49. The number of benzene rings is 1. The van der Waals surface area contributed by atoms with Gasteiger partial charge in [0.25, 0.3) is 5.56 Å². The van der Waals surface area contributed by atoms with E-state index in [0.29, 0.717) is 47.5 Å². The summed E-state index contributed by atoms with van der Waals surface area (Å²) >= 11 is 6.01. The van der Waals surface area contributed by atoms with Gasteiger partial charge in [-0.3, -0.25) is 9.59 Å². The van der Waals surface area contributed by atoms with Gasteiger partial charge in [0.1, 0.15) is 11.6 Å². The molecular weight excluding hydrogens is 435 g/mol. The van der Waals surface area contributed by atoms with Crippen molar-refractivity contribution in [2.24, 2.45) is 5.41 Å². The molecule has 7 nitrogen and oxygen atoms in total. The Labute approximate surface area is 189 Å². The van der Waals surface area contributed by atoms with Gasteiger partial charge in [-0.1, -0.05) is 18.5 Å². The van der Waals surface area contributed by atoms with E-state index in [9.17, 15) is 14.0 Å². The van der Waals surface area contributed by atoms with Gasteiger partial charge >= 0.3 is 0 Å². The molecule has 166 valence electrons. The molecule has 4 rings (SSSR count). The Morgan fingerprint density at radius 3 is 2.72 bits per heavy atom.